The number of anilines is 1. The van der Waals surface area contributed by atoms with Crippen molar-refractivity contribution in [2.45, 2.75) is 37.8 Å². The second-order valence-corrected chi connectivity index (χ2v) is 5.49. The van der Waals surface area contributed by atoms with Gasteiger partial charge in [-0.3, -0.25) is 4.40 Å². The molecule has 0 amide bonds. The van der Waals surface area contributed by atoms with Gasteiger partial charge in [0.05, 0.1) is 0 Å². The third kappa shape index (κ3) is 2.06. The first-order chi connectivity index (χ1) is 9.42. The fourth-order valence-corrected chi connectivity index (χ4v) is 2.89. The molecule has 6 heteroatoms. The largest absolute Gasteiger partial charge is 0.349 e. The third-order valence-electron chi connectivity index (χ3n) is 4.04. The van der Waals surface area contributed by atoms with Crippen LogP contribution in [0.15, 0.2) is 18.7 Å². The molecule has 3 heterocycles. The lowest BCUT2D eigenvalue weighted by Gasteiger charge is -2.26. The topological polar surface area (TPSA) is 58.4 Å². The molecule has 6 nitrogen and oxygen atoms in total. The Bertz CT molecular complexity index is 569. The highest BCUT2D eigenvalue weighted by atomic mass is 15.3. The summed E-state index contributed by atoms with van der Waals surface area (Å²) in [5, 5.41) is 11.8. The van der Waals surface area contributed by atoms with Crippen molar-refractivity contribution in [1.82, 2.24) is 24.9 Å². The Hall–Kier alpha value is -1.69. The molecule has 0 radical (unpaired) electrons. The molecular formula is C13H18N6. The van der Waals surface area contributed by atoms with E-state index in [1.807, 2.05) is 16.8 Å². The van der Waals surface area contributed by atoms with Gasteiger partial charge in [-0.05, 0) is 32.2 Å². The highest BCUT2D eigenvalue weighted by Gasteiger charge is 2.33. The van der Waals surface area contributed by atoms with Gasteiger partial charge in [0.25, 0.3) is 0 Å². The minimum Gasteiger partial charge on any atom is -0.349 e. The lowest BCUT2D eigenvalue weighted by atomic mass is 10.2. The Morgan fingerprint density at radius 3 is 3.11 bits per heavy atom. The van der Waals surface area contributed by atoms with Gasteiger partial charge in [0, 0.05) is 31.0 Å². The Labute approximate surface area is 111 Å². The van der Waals surface area contributed by atoms with Gasteiger partial charge < -0.3 is 10.2 Å². The van der Waals surface area contributed by atoms with Crippen molar-refractivity contribution in [1.29, 1.82) is 0 Å². The zero-order valence-electron chi connectivity index (χ0n) is 10.9. The number of aromatic nitrogens is 4. The maximum Gasteiger partial charge on any atom is 0.203 e. The van der Waals surface area contributed by atoms with Crippen molar-refractivity contribution in [3.8, 4) is 0 Å². The molecule has 2 fully saturated rings. The van der Waals surface area contributed by atoms with Crippen LogP contribution in [-0.2, 0) is 0 Å². The van der Waals surface area contributed by atoms with Crippen molar-refractivity contribution >= 4 is 11.5 Å². The second kappa shape index (κ2) is 4.45. The number of nitrogens with zero attached hydrogens (tertiary/aromatic N) is 5. The molecule has 100 valence electrons. The van der Waals surface area contributed by atoms with Gasteiger partial charge in [-0.15, -0.1) is 10.2 Å². The van der Waals surface area contributed by atoms with Gasteiger partial charge in [0.2, 0.25) is 5.65 Å². The molecule has 19 heavy (non-hydrogen) atoms. The van der Waals surface area contributed by atoms with Gasteiger partial charge >= 0.3 is 0 Å². The van der Waals surface area contributed by atoms with E-state index in [9.17, 15) is 0 Å². The molecule has 1 saturated carbocycles. The fourth-order valence-electron chi connectivity index (χ4n) is 2.89. The number of fused-ring (bicyclic) bond motifs is 1. The van der Waals surface area contributed by atoms with Crippen molar-refractivity contribution in [3.05, 3.63) is 18.7 Å². The first-order valence-electron chi connectivity index (χ1n) is 7.06. The predicted molar refractivity (Wildman–Crippen MR) is 72.2 cm³/mol. The minimum absolute atomic E-state index is 0.588. The second-order valence-electron chi connectivity index (χ2n) is 5.49. The van der Waals surface area contributed by atoms with Crippen LogP contribution in [0.1, 0.15) is 25.7 Å². The average Bonchev–Trinajstić information content (AvgIpc) is 2.95. The molecule has 1 saturated heterocycles. The first kappa shape index (κ1) is 11.2. The molecule has 0 aromatic carbocycles. The van der Waals surface area contributed by atoms with Crippen LogP contribution in [0.4, 0.5) is 5.82 Å². The maximum atomic E-state index is 4.56. The Kier molecular flexibility index (Phi) is 2.61. The van der Waals surface area contributed by atoms with Crippen LogP contribution >= 0.6 is 0 Å². The van der Waals surface area contributed by atoms with Crippen LogP contribution in [0.5, 0.6) is 0 Å². The minimum atomic E-state index is 0.588. The molecule has 1 N–H and O–H groups in total. The van der Waals surface area contributed by atoms with E-state index >= 15 is 0 Å². The summed E-state index contributed by atoms with van der Waals surface area (Å²) in [6, 6.07) is 1.23. The van der Waals surface area contributed by atoms with Crippen molar-refractivity contribution in [2.24, 2.45) is 0 Å². The standard InChI is InChI=1S/C13H18N6/c1-2-10(14-5-1)8-19(11-3-4-11)12-13-17-16-9-18(13)7-6-15-12/h6-7,9-11,14H,1-5,8H2. The summed E-state index contributed by atoms with van der Waals surface area (Å²) < 4.78 is 1.94. The molecule has 2 aromatic rings. The van der Waals surface area contributed by atoms with Crippen LogP contribution in [0.25, 0.3) is 5.65 Å². The van der Waals surface area contributed by atoms with Gasteiger partial charge in [0.15, 0.2) is 5.82 Å². The summed E-state index contributed by atoms with van der Waals surface area (Å²) >= 11 is 0. The van der Waals surface area contributed by atoms with Gasteiger partial charge in [0.1, 0.15) is 6.33 Å². The van der Waals surface area contributed by atoms with Gasteiger partial charge in [-0.25, -0.2) is 4.98 Å². The van der Waals surface area contributed by atoms with E-state index in [1.54, 1.807) is 6.33 Å². The predicted octanol–water partition coefficient (Wildman–Crippen LogP) is 0.845. The van der Waals surface area contributed by atoms with Crippen LogP contribution < -0.4 is 10.2 Å². The van der Waals surface area contributed by atoms with E-state index in [0.29, 0.717) is 12.1 Å². The van der Waals surface area contributed by atoms with E-state index < -0.39 is 0 Å². The van der Waals surface area contributed by atoms with Crippen LogP contribution in [0.3, 0.4) is 0 Å². The quantitative estimate of drug-likeness (QED) is 0.881. The van der Waals surface area contributed by atoms with Crippen LogP contribution in [0.2, 0.25) is 0 Å². The van der Waals surface area contributed by atoms with E-state index in [-0.39, 0.29) is 0 Å². The summed E-state index contributed by atoms with van der Waals surface area (Å²) in [6.07, 6.45) is 10.6. The van der Waals surface area contributed by atoms with E-state index in [0.717, 1.165) is 24.6 Å². The van der Waals surface area contributed by atoms with E-state index in [2.05, 4.69) is 25.4 Å². The van der Waals surface area contributed by atoms with Crippen LogP contribution in [0, 0.1) is 0 Å². The number of nitrogens with one attached hydrogen (secondary N) is 1. The Balaban J connectivity index is 1.67. The SMILES string of the molecule is c1cn2cnnc2c(N(CC2CCCN2)C2CC2)n1. The summed E-state index contributed by atoms with van der Waals surface area (Å²) in [6.45, 7) is 2.18. The molecular weight excluding hydrogens is 240 g/mol. The summed E-state index contributed by atoms with van der Waals surface area (Å²) in [7, 11) is 0. The smallest absolute Gasteiger partial charge is 0.203 e. The molecule has 2 aliphatic rings. The van der Waals surface area contributed by atoms with E-state index in [4.69, 9.17) is 0 Å². The molecule has 4 rings (SSSR count). The lowest BCUT2D eigenvalue weighted by molar-refractivity contribution is 0.575. The molecule has 2 aromatic heterocycles. The monoisotopic (exact) mass is 258 g/mol. The summed E-state index contributed by atoms with van der Waals surface area (Å²) in [5.74, 6) is 0.983. The molecule has 1 aliphatic carbocycles. The first-order valence-corrected chi connectivity index (χ1v) is 7.06. The highest BCUT2D eigenvalue weighted by molar-refractivity contribution is 5.64. The zero-order valence-corrected chi connectivity index (χ0v) is 10.9. The number of hydrogen-bond donors (Lipinski definition) is 1. The lowest BCUT2D eigenvalue weighted by Crippen LogP contribution is -2.39. The molecule has 0 spiro atoms. The molecule has 0 bridgehead atoms. The number of hydrogen-bond acceptors (Lipinski definition) is 5. The molecule has 1 aliphatic heterocycles. The molecule has 1 atom stereocenters. The Morgan fingerprint density at radius 2 is 2.32 bits per heavy atom. The van der Waals surface area contributed by atoms with Crippen LogP contribution in [-0.4, -0.2) is 44.8 Å². The maximum absolute atomic E-state index is 4.56. The van der Waals surface area contributed by atoms with Crippen molar-refractivity contribution in [3.63, 3.8) is 0 Å². The molecule has 1 unspecified atom stereocenters. The normalized spacial score (nSPS) is 23.1. The summed E-state index contributed by atoms with van der Waals surface area (Å²) in [5.41, 5.74) is 0.868. The summed E-state index contributed by atoms with van der Waals surface area (Å²) in [4.78, 5) is 6.98. The zero-order chi connectivity index (χ0) is 12.7. The Morgan fingerprint density at radius 1 is 1.37 bits per heavy atom. The van der Waals surface area contributed by atoms with Crippen molar-refractivity contribution < 1.29 is 0 Å². The van der Waals surface area contributed by atoms with E-state index in [1.165, 1.54) is 25.7 Å². The highest BCUT2D eigenvalue weighted by Crippen LogP contribution is 2.32. The van der Waals surface area contributed by atoms with Gasteiger partial charge in [-0.1, -0.05) is 0 Å². The average molecular weight is 258 g/mol. The fraction of sp³-hybridized carbons (Fsp3) is 0.615. The van der Waals surface area contributed by atoms with Crippen molar-refractivity contribution in [2.75, 3.05) is 18.0 Å². The number of rotatable bonds is 4. The third-order valence-corrected chi connectivity index (χ3v) is 4.04. The van der Waals surface area contributed by atoms with Gasteiger partial charge in [-0.2, -0.15) is 0 Å².